The van der Waals surface area contributed by atoms with Crippen LogP contribution in [0.4, 0.5) is 0 Å². The summed E-state index contributed by atoms with van der Waals surface area (Å²) in [6.07, 6.45) is -0.503. The van der Waals surface area contributed by atoms with Gasteiger partial charge in [-0.25, -0.2) is 0 Å². The van der Waals surface area contributed by atoms with E-state index >= 15 is 0 Å². The molecule has 0 amide bonds. The first-order chi connectivity index (χ1) is 8.71. The molecule has 0 fully saturated rings. The fourth-order valence-electron chi connectivity index (χ4n) is 1.80. The lowest BCUT2D eigenvalue weighted by atomic mass is 10.1. The smallest absolute Gasteiger partial charge is 0.119 e. The van der Waals surface area contributed by atoms with Crippen molar-refractivity contribution in [3.63, 3.8) is 0 Å². The molecule has 1 unspecified atom stereocenters. The zero-order chi connectivity index (χ0) is 13.4. The predicted octanol–water partition coefficient (Wildman–Crippen LogP) is 1.70. The summed E-state index contributed by atoms with van der Waals surface area (Å²) in [5, 5.41) is 10.2. The SMILES string of the molecule is CCN(CCOC)CC(O)c1cccc(OC)c1. The molecule has 0 heterocycles. The van der Waals surface area contributed by atoms with Gasteiger partial charge in [0.2, 0.25) is 0 Å². The Morgan fingerprint density at radius 1 is 1.33 bits per heavy atom. The van der Waals surface area contributed by atoms with E-state index in [1.54, 1.807) is 14.2 Å². The van der Waals surface area contributed by atoms with Crippen molar-refractivity contribution >= 4 is 0 Å². The highest BCUT2D eigenvalue weighted by molar-refractivity contribution is 5.29. The quantitative estimate of drug-likeness (QED) is 0.765. The second-order valence-corrected chi connectivity index (χ2v) is 4.18. The second kappa shape index (κ2) is 8.08. The summed E-state index contributed by atoms with van der Waals surface area (Å²) in [5.41, 5.74) is 0.880. The van der Waals surface area contributed by atoms with Crippen LogP contribution in [0.2, 0.25) is 0 Å². The van der Waals surface area contributed by atoms with Crippen molar-refractivity contribution in [2.45, 2.75) is 13.0 Å². The molecule has 0 bridgehead atoms. The summed E-state index contributed by atoms with van der Waals surface area (Å²) < 4.78 is 10.2. The maximum atomic E-state index is 10.2. The van der Waals surface area contributed by atoms with Crippen LogP contribution in [0.25, 0.3) is 0 Å². The molecule has 4 nitrogen and oxygen atoms in total. The average molecular weight is 253 g/mol. The molecule has 1 atom stereocenters. The van der Waals surface area contributed by atoms with E-state index in [9.17, 15) is 5.11 Å². The maximum Gasteiger partial charge on any atom is 0.119 e. The van der Waals surface area contributed by atoms with E-state index in [1.165, 1.54) is 0 Å². The number of methoxy groups -OCH3 is 2. The van der Waals surface area contributed by atoms with Crippen LogP contribution in [0, 0.1) is 0 Å². The Kier molecular flexibility index (Phi) is 6.72. The number of aliphatic hydroxyl groups is 1. The molecule has 1 aromatic carbocycles. The van der Waals surface area contributed by atoms with Crippen molar-refractivity contribution in [3.05, 3.63) is 29.8 Å². The van der Waals surface area contributed by atoms with E-state index in [-0.39, 0.29) is 0 Å². The highest BCUT2D eigenvalue weighted by atomic mass is 16.5. The van der Waals surface area contributed by atoms with Gasteiger partial charge in [-0.3, -0.25) is 4.90 Å². The van der Waals surface area contributed by atoms with Crippen LogP contribution >= 0.6 is 0 Å². The number of aliphatic hydroxyl groups excluding tert-OH is 1. The summed E-state index contributed by atoms with van der Waals surface area (Å²) in [6.45, 7) is 5.08. The monoisotopic (exact) mass is 253 g/mol. The van der Waals surface area contributed by atoms with Gasteiger partial charge < -0.3 is 14.6 Å². The van der Waals surface area contributed by atoms with Gasteiger partial charge in [0.1, 0.15) is 5.75 Å². The number of nitrogens with zero attached hydrogens (tertiary/aromatic N) is 1. The van der Waals surface area contributed by atoms with E-state index in [0.29, 0.717) is 13.2 Å². The lowest BCUT2D eigenvalue weighted by Crippen LogP contribution is -2.31. The van der Waals surface area contributed by atoms with Crippen LogP contribution in [0.5, 0.6) is 5.75 Å². The third-order valence-electron chi connectivity index (χ3n) is 2.97. The maximum absolute atomic E-state index is 10.2. The number of likely N-dealkylation sites (N-methyl/N-ethyl adjacent to an activating group) is 1. The molecule has 0 saturated heterocycles. The molecule has 0 aromatic heterocycles. The molecule has 0 spiro atoms. The van der Waals surface area contributed by atoms with Crippen molar-refractivity contribution in [1.29, 1.82) is 0 Å². The van der Waals surface area contributed by atoms with Gasteiger partial charge in [-0.05, 0) is 24.2 Å². The zero-order valence-corrected chi connectivity index (χ0v) is 11.4. The van der Waals surface area contributed by atoms with E-state index in [1.807, 2.05) is 24.3 Å². The van der Waals surface area contributed by atoms with Gasteiger partial charge in [0.05, 0.1) is 19.8 Å². The van der Waals surface area contributed by atoms with E-state index in [0.717, 1.165) is 24.4 Å². The van der Waals surface area contributed by atoms with Gasteiger partial charge in [0.25, 0.3) is 0 Å². The molecule has 1 rings (SSSR count). The predicted molar refractivity (Wildman–Crippen MR) is 71.9 cm³/mol. The van der Waals surface area contributed by atoms with Gasteiger partial charge in [0, 0.05) is 20.2 Å². The summed E-state index contributed by atoms with van der Waals surface area (Å²) >= 11 is 0. The Morgan fingerprint density at radius 3 is 2.72 bits per heavy atom. The Morgan fingerprint density at radius 2 is 2.11 bits per heavy atom. The Hall–Kier alpha value is -1.10. The van der Waals surface area contributed by atoms with Crippen molar-refractivity contribution < 1.29 is 14.6 Å². The van der Waals surface area contributed by atoms with Crippen molar-refractivity contribution in [2.75, 3.05) is 40.5 Å². The third kappa shape index (κ3) is 4.64. The minimum atomic E-state index is -0.503. The van der Waals surface area contributed by atoms with Crippen LogP contribution in [-0.4, -0.2) is 50.5 Å². The van der Waals surface area contributed by atoms with Gasteiger partial charge in [-0.2, -0.15) is 0 Å². The van der Waals surface area contributed by atoms with Crippen LogP contribution in [0.15, 0.2) is 24.3 Å². The number of benzene rings is 1. The number of ether oxygens (including phenoxy) is 2. The van der Waals surface area contributed by atoms with Gasteiger partial charge >= 0.3 is 0 Å². The van der Waals surface area contributed by atoms with E-state index < -0.39 is 6.10 Å². The minimum Gasteiger partial charge on any atom is -0.497 e. The standard InChI is InChI=1S/C14H23NO3/c1-4-15(8-9-17-2)11-14(16)12-6-5-7-13(10-12)18-3/h5-7,10,14,16H,4,8-9,11H2,1-3H3. The number of hydrogen-bond acceptors (Lipinski definition) is 4. The molecule has 18 heavy (non-hydrogen) atoms. The second-order valence-electron chi connectivity index (χ2n) is 4.18. The Balaban J connectivity index is 2.59. The number of hydrogen-bond donors (Lipinski definition) is 1. The van der Waals surface area contributed by atoms with Gasteiger partial charge in [0.15, 0.2) is 0 Å². The van der Waals surface area contributed by atoms with Crippen molar-refractivity contribution in [1.82, 2.24) is 4.90 Å². The van der Waals surface area contributed by atoms with E-state index in [4.69, 9.17) is 9.47 Å². The fourth-order valence-corrected chi connectivity index (χ4v) is 1.80. The molecule has 0 saturated carbocycles. The third-order valence-corrected chi connectivity index (χ3v) is 2.97. The van der Waals surface area contributed by atoms with Crippen LogP contribution in [0.1, 0.15) is 18.6 Å². The van der Waals surface area contributed by atoms with Crippen LogP contribution in [0.3, 0.4) is 0 Å². The highest BCUT2D eigenvalue weighted by Crippen LogP contribution is 2.19. The molecular weight excluding hydrogens is 230 g/mol. The number of rotatable bonds is 8. The van der Waals surface area contributed by atoms with Gasteiger partial charge in [-0.1, -0.05) is 19.1 Å². The summed E-state index contributed by atoms with van der Waals surface area (Å²) in [4.78, 5) is 2.16. The molecule has 1 N–H and O–H groups in total. The summed E-state index contributed by atoms with van der Waals surface area (Å²) in [7, 11) is 3.31. The molecule has 102 valence electrons. The molecule has 0 aliphatic rings. The topological polar surface area (TPSA) is 41.9 Å². The largest absolute Gasteiger partial charge is 0.497 e. The molecule has 0 aliphatic heterocycles. The first kappa shape index (κ1) is 15.0. The Bertz CT molecular complexity index is 344. The van der Waals surface area contributed by atoms with Crippen LogP contribution in [-0.2, 0) is 4.74 Å². The zero-order valence-electron chi connectivity index (χ0n) is 11.4. The summed E-state index contributed by atoms with van der Waals surface area (Å²) in [5.74, 6) is 0.770. The highest BCUT2D eigenvalue weighted by Gasteiger charge is 2.12. The minimum absolute atomic E-state index is 0.503. The molecular formula is C14H23NO3. The molecule has 4 heteroatoms. The Labute approximate surface area is 109 Å². The average Bonchev–Trinajstić information content (AvgIpc) is 2.43. The van der Waals surface area contributed by atoms with Crippen molar-refractivity contribution in [3.8, 4) is 5.75 Å². The molecule has 1 aromatic rings. The van der Waals surface area contributed by atoms with E-state index in [2.05, 4.69) is 11.8 Å². The van der Waals surface area contributed by atoms with Gasteiger partial charge in [-0.15, -0.1) is 0 Å². The molecule has 0 radical (unpaired) electrons. The van der Waals surface area contributed by atoms with Crippen molar-refractivity contribution in [2.24, 2.45) is 0 Å². The first-order valence-electron chi connectivity index (χ1n) is 6.24. The summed E-state index contributed by atoms with van der Waals surface area (Å²) in [6, 6.07) is 7.55. The fraction of sp³-hybridized carbons (Fsp3) is 0.571. The first-order valence-corrected chi connectivity index (χ1v) is 6.24. The lowest BCUT2D eigenvalue weighted by molar-refractivity contribution is 0.0919. The molecule has 0 aliphatic carbocycles. The van der Waals surface area contributed by atoms with Crippen LogP contribution < -0.4 is 4.74 Å². The normalized spacial score (nSPS) is 12.7. The lowest BCUT2D eigenvalue weighted by Gasteiger charge is -2.23.